The fourth-order valence-electron chi connectivity index (χ4n) is 2.56. The lowest BCUT2D eigenvalue weighted by Gasteiger charge is -2.22. The van der Waals surface area contributed by atoms with Crippen LogP contribution in [0.3, 0.4) is 0 Å². The fraction of sp³-hybridized carbons (Fsp3) is 0.400. The zero-order valence-electron chi connectivity index (χ0n) is 12.0. The molecule has 1 saturated heterocycles. The van der Waals surface area contributed by atoms with Crippen LogP contribution in [0.15, 0.2) is 29.0 Å². The van der Waals surface area contributed by atoms with Gasteiger partial charge in [0.15, 0.2) is 17.6 Å². The van der Waals surface area contributed by atoms with E-state index in [4.69, 9.17) is 25.5 Å². The Morgan fingerprint density at radius 2 is 2.32 bits per heavy atom. The maximum absolute atomic E-state index is 13.7. The number of nitrogens with zero attached hydrogens (tertiary/aromatic N) is 1. The Kier molecular flexibility index (Phi) is 4.49. The van der Waals surface area contributed by atoms with Gasteiger partial charge in [0.25, 0.3) is 0 Å². The molecule has 5 nitrogen and oxygen atoms in total. The molecule has 22 heavy (non-hydrogen) atoms. The van der Waals surface area contributed by atoms with E-state index in [0.717, 1.165) is 19.5 Å². The van der Waals surface area contributed by atoms with E-state index in [0.29, 0.717) is 11.6 Å². The molecule has 1 aliphatic heterocycles. The largest absolute Gasteiger partial charge is 0.493 e. The second-order valence-corrected chi connectivity index (χ2v) is 5.49. The average molecular weight is 327 g/mol. The number of nitrogens with one attached hydrogen (secondary N) is 1. The van der Waals surface area contributed by atoms with Crippen molar-refractivity contribution in [3.05, 3.63) is 41.3 Å². The summed E-state index contributed by atoms with van der Waals surface area (Å²) >= 11 is 5.78. The Morgan fingerprint density at radius 1 is 1.45 bits per heavy atom. The van der Waals surface area contributed by atoms with E-state index in [2.05, 4.69) is 10.3 Å². The Balaban J connectivity index is 1.92. The lowest BCUT2D eigenvalue weighted by molar-refractivity contribution is 0.110. The summed E-state index contributed by atoms with van der Waals surface area (Å²) in [5, 5.41) is 3.26. The van der Waals surface area contributed by atoms with E-state index in [1.165, 1.54) is 25.5 Å². The molecule has 0 bridgehead atoms. The summed E-state index contributed by atoms with van der Waals surface area (Å²) in [7, 11) is 1.48. The van der Waals surface area contributed by atoms with Crippen molar-refractivity contribution in [2.45, 2.75) is 12.5 Å². The number of oxazole rings is 1. The van der Waals surface area contributed by atoms with Gasteiger partial charge in [-0.1, -0.05) is 11.6 Å². The van der Waals surface area contributed by atoms with E-state index in [-0.39, 0.29) is 16.7 Å². The van der Waals surface area contributed by atoms with Crippen LogP contribution in [0.1, 0.15) is 18.4 Å². The predicted octanol–water partition coefficient (Wildman–Crippen LogP) is 3.21. The average Bonchev–Trinajstić information content (AvgIpc) is 3.21. The lowest BCUT2D eigenvalue weighted by atomic mass is 10.0. The number of rotatable bonds is 5. The van der Waals surface area contributed by atoms with Crippen molar-refractivity contribution in [1.29, 1.82) is 0 Å². The summed E-state index contributed by atoms with van der Waals surface area (Å²) in [6.45, 7) is 1.68. The number of hydrogen-bond acceptors (Lipinski definition) is 5. The third kappa shape index (κ3) is 3.03. The van der Waals surface area contributed by atoms with Crippen molar-refractivity contribution in [1.82, 2.24) is 10.3 Å². The highest BCUT2D eigenvalue weighted by Gasteiger charge is 2.32. The number of aromatic nitrogens is 1. The molecule has 1 fully saturated rings. The summed E-state index contributed by atoms with van der Waals surface area (Å²) in [6.07, 6.45) is 3.56. The molecule has 0 spiro atoms. The molecular weight excluding hydrogens is 311 g/mol. The molecule has 3 rings (SSSR count). The molecule has 2 aromatic rings. The van der Waals surface area contributed by atoms with Gasteiger partial charge in [-0.25, -0.2) is 9.37 Å². The topological polar surface area (TPSA) is 56.5 Å². The van der Waals surface area contributed by atoms with Crippen LogP contribution >= 0.6 is 11.6 Å². The third-order valence-corrected chi connectivity index (χ3v) is 3.97. The van der Waals surface area contributed by atoms with Crippen LogP contribution in [0.2, 0.25) is 5.02 Å². The van der Waals surface area contributed by atoms with Crippen molar-refractivity contribution < 1.29 is 18.3 Å². The molecule has 1 aliphatic rings. The molecule has 0 radical (unpaired) electrons. The first-order valence-electron chi connectivity index (χ1n) is 6.99. The van der Waals surface area contributed by atoms with Gasteiger partial charge in [-0.05, 0) is 13.0 Å². The Hall–Kier alpha value is -1.79. The minimum absolute atomic E-state index is 0.0144. The molecule has 1 aromatic heterocycles. The van der Waals surface area contributed by atoms with E-state index < -0.39 is 11.9 Å². The molecular formula is C15H16ClFN2O3. The van der Waals surface area contributed by atoms with Crippen molar-refractivity contribution in [3.8, 4) is 11.5 Å². The molecule has 2 heterocycles. The van der Waals surface area contributed by atoms with E-state index >= 15 is 0 Å². The van der Waals surface area contributed by atoms with Gasteiger partial charge in [0.2, 0.25) is 5.89 Å². The summed E-state index contributed by atoms with van der Waals surface area (Å²) < 4.78 is 30.3. The van der Waals surface area contributed by atoms with Gasteiger partial charge in [0.05, 0.1) is 18.3 Å². The molecule has 1 N–H and O–H groups in total. The standard InChI is InChI=1S/C15H16ClFN2O3/c1-20-12-6-10(16)11(17)7-13(12)22-14(9-2-3-18-8-9)15-19-4-5-21-15/h4-7,9,14,18H,2-3,8H2,1H3/t9-,14+/m0/s1. The first-order valence-corrected chi connectivity index (χ1v) is 7.36. The van der Waals surface area contributed by atoms with Gasteiger partial charge in [-0.15, -0.1) is 0 Å². The molecule has 1 aromatic carbocycles. The fourth-order valence-corrected chi connectivity index (χ4v) is 2.71. The highest BCUT2D eigenvalue weighted by atomic mass is 35.5. The van der Waals surface area contributed by atoms with Gasteiger partial charge in [0.1, 0.15) is 12.1 Å². The molecule has 0 saturated carbocycles. The van der Waals surface area contributed by atoms with Gasteiger partial charge in [0, 0.05) is 24.6 Å². The van der Waals surface area contributed by atoms with Crippen LogP contribution in [-0.2, 0) is 0 Å². The molecule has 0 unspecified atom stereocenters. The van der Waals surface area contributed by atoms with Gasteiger partial charge in [-0.3, -0.25) is 0 Å². The third-order valence-electron chi connectivity index (χ3n) is 3.68. The highest BCUT2D eigenvalue weighted by molar-refractivity contribution is 6.30. The normalized spacial score (nSPS) is 19.1. The second-order valence-electron chi connectivity index (χ2n) is 5.08. The van der Waals surface area contributed by atoms with Gasteiger partial charge >= 0.3 is 0 Å². The number of methoxy groups -OCH3 is 1. The summed E-state index contributed by atoms with van der Waals surface area (Å²) in [5.74, 6) is 0.731. The maximum atomic E-state index is 13.7. The van der Waals surface area contributed by atoms with Crippen LogP contribution in [0.4, 0.5) is 4.39 Å². The lowest BCUT2D eigenvalue weighted by Crippen LogP contribution is -2.22. The predicted molar refractivity (Wildman–Crippen MR) is 78.8 cm³/mol. The Morgan fingerprint density at radius 3 is 2.95 bits per heavy atom. The Labute approximate surface area is 132 Å². The zero-order valence-corrected chi connectivity index (χ0v) is 12.8. The van der Waals surface area contributed by atoms with Crippen molar-refractivity contribution >= 4 is 11.6 Å². The van der Waals surface area contributed by atoms with E-state index in [1.807, 2.05) is 0 Å². The number of hydrogen-bond donors (Lipinski definition) is 1. The van der Waals surface area contributed by atoms with E-state index in [9.17, 15) is 4.39 Å². The first kappa shape index (κ1) is 15.1. The van der Waals surface area contributed by atoms with Crippen LogP contribution in [0, 0.1) is 11.7 Å². The van der Waals surface area contributed by atoms with E-state index in [1.54, 1.807) is 6.20 Å². The SMILES string of the molecule is COc1cc(Cl)c(F)cc1O[C@@H](c1ncco1)[C@H]1CCNC1. The minimum Gasteiger partial charge on any atom is -0.493 e. The number of halogens is 2. The molecule has 118 valence electrons. The molecule has 2 atom stereocenters. The van der Waals surface area contributed by atoms with Gasteiger partial charge in [-0.2, -0.15) is 0 Å². The van der Waals surface area contributed by atoms with Crippen molar-refractivity contribution in [2.24, 2.45) is 5.92 Å². The number of ether oxygens (including phenoxy) is 2. The second kappa shape index (κ2) is 6.54. The van der Waals surface area contributed by atoms with Crippen molar-refractivity contribution in [2.75, 3.05) is 20.2 Å². The van der Waals surface area contributed by atoms with Crippen LogP contribution in [-0.4, -0.2) is 25.2 Å². The van der Waals surface area contributed by atoms with Crippen molar-refractivity contribution in [3.63, 3.8) is 0 Å². The molecule has 0 amide bonds. The molecule has 0 aliphatic carbocycles. The highest BCUT2D eigenvalue weighted by Crippen LogP contribution is 2.38. The summed E-state index contributed by atoms with van der Waals surface area (Å²) in [6, 6.07) is 2.62. The monoisotopic (exact) mass is 326 g/mol. The quantitative estimate of drug-likeness (QED) is 0.914. The smallest absolute Gasteiger partial charge is 0.235 e. The summed E-state index contributed by atoms with van der Waals surface area (Å²) in [4.78, 5) is 4.17. The summed E-state index contributed by atoms with van der Waals surface area (Å²) in [5.41, 5.74) is 0. The minimum atomic E-state index is -0.562. The van der Waals surface area contributed by atoms with Gasteiger partial charge < -0.3 is 19.2 Å². The maximum Gasteiger partial charge on any atom is 0.235 e. The van der Waals surface area contributed by atoms with Crippen LogP contribution in [0.5, 0.6) is 11.5 Å². The van der Waals surface area contributed by atoms with Crippen LogP contribution in [0.25, 0.3) is 0 Å². The Bertz CT molecular complexity index is 630. The zero-order chi connectivity index (χ0) is 15.5. The first-order chi connectivity index (χ1) is 10.7. The van der Waals surface area contributed by atoms with Crippen LogP contribution < -0.4 is 14.8 Å². The number of benzene rings is 1. The molecule has 7 heteroatoms.